The van der Waals surface area contributed by atoms with Crippen LogP contribution in [0.5, 0.6) is 11.5 Å². The summed E-state index contributed by atoms with van der Waals surface area (Å²) in [5.41, 5.74) is 4.25. The van der Waals surface area contributed by atoms with E-state index in [1.165, 1.54) is 30.3 Å². The van der Waals surface area contributed by atoms with Gasteiger partial charge >= 0.3 is 12.3 Å². The van der Waals surface area contributed by atoms with Crippen LogP contribution in [0.3, 0.4) is 0 Å². The number of alkyl halides is 3. The molecule has 0 saturated heterocycles. The fourth-order valence-electron chi connectivity index (χ4n) is 6.15. The van der Waals surface area contributed by atoms with E-state index < -0.39 is 24.0 Å². The monoisotopic (exact) mass is 632 g/mol. The number of carboxylic acids is 1. The summed E-state index contributed by atoms with van der Waals surface area (Å²) in [5.74, 6) is -0.896. The van der Waals surface area contributed by atoms with Crippen molar-refractivity contribution in [3.05, 3.63) is 99.0 Å². The van der Waals surface area contributed by atoms with Crippen LogP contribution in [0.2, 0.25) is 0 Å². The normalized spacial score (nSPS) is 13.9. The van der Waals surface area contributed by atoms with Crippen molar-refractivity contribution < 1.29 is 37.3 Å². The van der Waals surface area contributed by atoms with Crippen molar-refractivity contribution in [3.63, 3.8) is 0 Å². The lowest BCUT2D eigenvalue weighted by molar-refractivity contribution is -0.274. The molecule has 0 amide bonds. The molecule has 46 heavy (non-hydrogen) atoms. The van der Waals surface area contributed by atoms with Gasteiger partial charge in [-0.3, -0.25) is 9.78 Å². The number of carbonyl (C=O) groups is 1. The number of benzene rings is 3. The summed E-state index contributed by atoms with van der Waals surface area (Å²) >= 11 is 0. The van der Waals surface area contributed by atoms with Crippen molar-refractivity contribution in [2.45, 2.75) is 58.6 Å². The number of ether oxygens (including phenoxy) is 3. The molecular weight excluding hydrogens is 601 g/mol. The summed E-state index contributed by atoms with van der Waals surface area (Å²) in [7, 11) is 0. The topological polar surface area (TPSA) is 111 Å². The second-order valence-corrected chi connectivity index (χ2v) is 12.2. The maximum Gasteiger partial charge on any atom is 0.573 e. The van der Waals surface area contributed by atoms with E-state index in [0.717, 1.165) is 10.9 Å². The maximum atomic E-state index is 13.0. The lowest BCUT2D eigenvalue weighted by atomic mass is 9.83. The number of halogens is 3. The van der Waals surface area contributed by atoms with Crippen LogP contribution in [0, 0.1) is 6.92 Å². The zero-order valence-electron chi connectivity index (χ0n) is 25.5. The van der Waals surface area contributed by atoms with Crippen LogP contribution in [0.25, 0.3) is 32.9 Å². The van der Waals surface area contributed by atoms with Crippen LogP contribution >= 0.6 is 0 Å². The van der Waals surface area contributed by atoms with Gasteiger partial charge in [0, 0.05) is 40.6 Å². The van der Waals surface area contributed by atoms with Crippen molar-refractivity contribution >= 4 is 27.8 Å². The lowest BCUT2D eigenvalue weighted by Gasteiger charge is -2.30. The van der Waals surface area contributed by atoms with Gasteiger partial charge in [-0.2, -0.15) is 0 Å². The Labute approximate surface area is 261 Å². The molecule has 238 valence electrons. The third-order valence-electron chi connectivity index (χ3n) is 7.95. The minimum atomic E-state index is -4.83. The zero-order chi connectivity index (χ0) is 33.0. The summed E-state index contributed by atoms with van der Waals surface area (Å²) < 4.78 is 54.5. The number of H-pyrrole nitrogens is 1. The molecule has 0 fully saturated rings. The van der Waals surface area contributed by atoms with E-state index in [-0.39, 0.29) is 17.7 Å². The molecule has 1 aliphatic rings. The number of aliphatic carboxylic acids is 1. The molecular formula is C35H31F3N2O6. The molecule has 2 aromatic heterocycles. The van der Waals surface area contributed by atoms with Gasteiger partial charge in [0.15, 0.2) is 6.10 Å². The number of hydrogen-bond donors (Lipinski definition) is 2. The van der Waals surface area contributed by atoms with Gasteiger partial charge in [0.1, 0.15) is 11.5 Å². The summed E-state index contributed by atoms with van der Waals surface area (Å²) in [6, 6.07) is 14.1. The molecule has 11 heteroatoms. The van der Waals surface area contributed by atoms with E-state index in [2.05, 4.69) is 9.72 Å². The first-order valence-electron chi connectivity index (χ1n) is 14.7. The minimum Gasteiger partial charge on any atom is -0.493 e. The molecule has 5 aromatic rings. The lowest BCUT2D eigenvalue weighted by Crippen LogP contribution is -2.28. The van der Waals surface area contributed by atoms with E-state index in [0.29, 0.717) is 68.6 Å². The number of rotatable bonds is 7. The molecule has 1 aliphatic heterocycles. The van der Waals surface area contributed by atoms with Crippen molar-refractivity contribution in [1.82, 2.24) is 9.97 Å². The number of nitrogens with one attached hydrogen (secondary N) is 1. The van der Waals surface area contributed by atoms with Crippen LogP contribution < -0.4 is 15.0 Å². The largest absolute Gasteiger partial charge is 0.573 e. The molecule has 3 heterocycles. The Morgan fingerprint density at radius 2 is 1.80 bits per heavy atom. The number of hydrogen-bond acceptors (Lipinski definition) is 6. The summed E-state index contributed by atoms with van der Waals surface area (Å²) in [6.45, 7) is 7.60. The number of aromatic amines is 1. The van der Waals surface area contributed by atoms with Gasteiger partial charge in [-0.1, -0.05) is 12.1 Å². The number of pyridine rings is 2. The van der Waals surface area contributed by atoms with Crippen LogP contribution in [0.4, 0.5) is 13.2 Å². The second-order valence-electron chi connectivity index (χ2n) is 12.2. The molecule has 2 N–H and O–H groups in total. The highest BCUT2D eigenvalue weighted by molar-refractivity contribution is 6.09. The Morgan fingerprint density at radius 3 is 2.48 bits per heavy atom. The van der Waals surface area contributed by atoms with E-state index in [1.54, 1.807) is 40.0 Å². The molecule has 0 spiro atoms. The van der Waals surface area contributed by atoms with Crippen LogP contribution in [-0.2, 0) is 22.4 Å². The highest BCUT2D eigenvalue weighted by Crippen LogP contribution is 2.46. The Bertz CT molecular complexity index is 2040. The molecule has 0 aliphatic carbocycles. The summed E-state index contributed by atoms with van der Waals surface area (Å²) in [5, 5.41) is 12.0. The Hall–Kier alpha value is -4.90. The molecule has 3 aromatic carbocycles. The van der Waals surface area contributed by atoms with Gasteiger partial charge < -0.3 is 24.3 Å². The number of carboxylic acid groups (broad SMARTS) is 1. The van der Waals surface area contributed by atoms with Crippen LogP contribution in [0.15, 0.2) is 65.6 Å². The van der Waals surface area contributed by atoms with E-state index in [9.17, 15) is 27.9 Å². The Kier molecular flexibility index (Phi) is 7.76. The van der Waals surface area contributed by atoms with Crippen LogP contribution in [0.1, 0.15) is 54.7 Å². The summed E-state index contributed by atoms with van der Waals surface area (Å²) in [4.78, 5) is 33.5. The molecule has 0 radical (unpaired) electrons. The van der Waals surface area contributed by atoms with Gasteiger partial charge in [0.05, 0.1) is 23.2 Å². The van der Waals surface area contributed by atoms with Crippen molar-refractivity contribution in [1.29, 1.82) is 0 Å². The molecule has 6 rings (SSSR count). The first-order chi connectivity index (χ1) is 21.7. The van der Waals surface area contributed by atoms with Crippen LogP contribution in [-0.4, -0.2) is 39.6 Å². The minimum absolute atomic E-state index is 0.166. The van der Waals surface area contributed by atoms with E-state index in [1.807, 2.05) is 18.2 Å². The third-order valence-corrected chi connectivity index (χ3v) is 7.95. The Balaban J connectivity index is 1.66. The predicted octanol–water partition coefficient (Wildman–Crippen LogP) is 7.42. The van der Waals surface area contributed by atoms with Gasteiger partial charge in [0.25, 0.3) is 0 Å². The van der Waals surface area contributed by atoms with Gasteiger partial charge in [-0.05, 0) is 98.3 Å². The molecule has 0 bridgehead atoms. The van der Waals surface area contributed by atoms with Gasteiger partial charge in [0.2, 0.25) is 5.56 Å². The highest BCUT2D eigenvalue weighted by Gasteiger charge is 2.34. The highest BCUT2D eigenvalue weighted by atomic mass is 19.4. The molecule has 1 atom stereocenters. The van der Waals surface area contributed by atoms with Crippen molar-refractivity contribution in [2.24, 2.45) is 0 Å². The number of fused-ring (bicyclic) bond motifs is 1. The fourth-order valence-corrected chi connectivity index (χ4v) is 6.15. The first kappa shape index (κ1) is 31.1. The van der Waals surface area contributed by atoms with Crippen molar-refractivity contribution in [3.8, 4) is 22.6 Å². The third kappa shape index (κ3) is 6.02. The molecule has 0 unspecified atom stereocenters. The predicted molar refractivity (Wildman–Crippen MR) is 166 cm³/mol. The maximum absolute atomic E-state index is 13.0. The smallest absolute Gasteiger partial charge is 0.493 e. The molecule has 8 nitrogen and oxygen atoms in total. The Morgan fingerprint density at radius 1 is 1.07 bits per heavy atom. The SMILES string of the molecule is Cc1c([C@H](OC(C)(C)C)C(=O)O)c(-c2ccc3c4c(ccnc24)CCO3)c2ccc(=O)[nH]c2c1Cc1ccc(OC(F)(F)F)cc1. The van der Waals surface area contributed by atoms with Gasteiger partial charge in [-0.15, -0.1) is 13.2 Å². The average Bonchev–Trinajstić information content (AvgIpc) is 2.98. The van der Waals surface area contributed by atoms with Gasteiger partial charge in [-0.25, -0.2) is 4.79 Å². The first-order valence-corrected chi connectivity index (χ1v) is 14.7. The zero-order valence-corrected chi connectivity index (χ0v) is 25.5. The fraction of sp³-hybridized carbons (Fsp3) is 0.286. The van der Waals surface area contributed by atoms with E-state index >= 15 is 0 Å². The quantitative estimate of drug-likeness (QED) is 0.192. The summed E-state index contributed by atoms with van der Waals surface area (Å²) in [6.07, 6.45) is -3.69. The van der Waals surface area contributed by atoms with E-state index in [4.69, 9.17) is 14.5 Å². The molecule has 0 saturated carbocycles. The standard InChI is InChI=1S/C35H31F3N2O6/c1-18-24(17-19-5-7-21(8-6-19)45-35(36,37)38)30-22(10-12-26(41)40-30)29(27(18)32(33(42)43)46-34(2,3)4)23-9-11-25-28-20(14-16-44-25)13-15-39-31(23)28/h5-13,15,32H,14,16-17H2,1-4H3,(H,40,41)(H,42,43)/t32-/m0/s1. The average molecular weight is 633 g/mol. The van der Waals surface area contributed by atoms with Crippen molar-refractivity contribution in [2.75, 3.05) is 6.61 Å². The second kappa shape index (κ2) is 11.5. The number of nitrogens with zero attached hydrogens (tertiary/aromatic N) is 1. The number of aromatic nitrogens is 2.